The van der Waals surface area contributed by atoms with Gasteiger partial charge in [-0.2, -0.15) is 0 Å². The Bertz CT molecular complexity index is 859. The second-order valence-corrected chi connectivity index (χ2v) is 5.90. The third kappa shape index (κ3) is 2.81. The van der Waals surface area contributed by atoms with Crippen LogP contribution in [0.3, 0.4) is 0 Å². The fourth-order valence-corrected chi connectivity index (χ4v) is 2.99. The van der Waals surface area contributed by atoms with Crippen molar-refractivity contribution < 1.29 is 4.74 Å². The molecular formula is C21H18N2O. The molecule has 3 aromatic rings. The molecule has 2 atom stereocenters. The number of aliphatic imine (C=N–C) groups is 1. The van der Waals surface area contributed by atoms with Gasteiger partial charge in [-0.3, -0.25) is 0 Å². The van der Waals surface area contributed by atoms with Crippen molar-refractivity contribution in [1.82, 2.24) is 4.98 Å². The van der Waals surface area contributed by atoms with E-state index in [1.807, 2.05) is 61.5 Å². The monoisotopic (exact) mass is 314 g/mol. The number of pyridine rings is 1. The predicted molar refractivity (Wildman–Crippen MR) is 95.0 cm³/mol. The summed E-state index contributed by atoms with van der Waals surface area (Å²) in [6, 6.07) is 26.4. The van der Waals surface area contributed by atoms with Crippen molar-refractivity contribution in [3.8, 4) is 0 Å². The van der Waals surface area contributed by atoms with Crippen LogP contribution in [0, 0.1) is 6.92 Å². The molecule has 1 aliphatic rings. The molecule has 3 heteroatoms. The average Bonchev–Trinajstić information content (AvgIpc) is 3.09. The molecule has 0 saturated heterocycles. The first-order valence-electron chi connectivity index (χ1n) is 8.09. The minimum Gasteiger partial charge on any atom is -0.465 e. The van der Waals surface area contributed by atoms with Gasteiger partial charge in [0.15, 0.2) is 6.10 Å². The molecule has 0 amide bonds. The minimum absolute atomic E-state index is 0.0640. The van der Waals surface area contributed by atoms with Gasteiger partial charge in [0.05, 0.1) is 0 Å². The van der Waals surface area contributed by atoms with Gasteiger partial charge in [0.25, 0.3) is 0 Å². The number of aromatic nitrogens is 1. The molecule has 24 heavy (non-hydrogen) atoms. The Morgan fingerprint density at radius 3 is 2.08 bits per heavy atom. The van der Waals surface area contributed by atoms with Crippen LogP contribution in [-0.2, 0) is 4.74 Å². The second-order valence-electron chi connectivity index (χ2n) is 5.90. The van der Waals surface area contributed by atoms with Crippen LogP contribution in [0.2, 0.25) is 0 Å². The maximum Gasteiger partial charge on any atom is 0.236 e. The van der Waals surface area contributed by atoms with Gasteiger partial charge in [0.2, 0.25) is 5.90 Å². The summed E-state index contributed by atoms with van der Waals surface area (Å²) in [5.74, 6) is 0.612. The Kier molecular flexibility index (Phi) is 3.83. The van der Waals surface area contributed by atoms with Gasteiger partial charge in [-0.05, 0) is 30.2 Å². The highest BCUT2D eigenvalue weighted by Gasteiger charge is 2.34. The van der Waals surface area contributed by atoms with E-state index in [9.17, 15) is 0 Å². The molecule has 0 radical (unpaired) electrons. The summed E-state index contributed by atoms with van der Waals surface area (Å²) in [5.41, 5.74) is 4.01. The van der Waals surface area contributed by atoms with Crippen molar-refractivity contribution in [2.24, 2.45) is 4.99 Å². The van der Waals surface area contributed by atoms with Crippen LogP contribution in [0.25, 0.3) is 0 Å². The molecule has 118 valence electrons. The molecule has 3 nitrogen and oxygen atoms in total. The standard InChI is InChI=1S/C21H18N2O/c1-15-9-8-14-18(22-15)21-23-19(16-10-4-2-5-11-16)20(24-21)17-12-6-3-7-13-17/h2-14,19-20H,1H3/t19-,20-/m0/s1. The van der Waals surface area contributed by atoms with Crippen molar-refractivity contribution in [3.63, 3.8) is 0 Å². The van der Waals surface area contributed by atoms with Gasteiger partial charge >= 0.3 is 0 Å². The van der Waals surface area contributed by atoms with Crippen molar-refractivity contribution in [1.29, 1.82) is 0 Å². The normalized spacial score (nSPS) is 19.6. The van der Waals surface area contributed by atoms with E-state index in [0.717, 1.165) is 22.5 Å². The quantitative estimate of drug-likeness (QED) is 0.705. The third-order valence-electron chi connectivity index (χ3n) is 4.16. The first kappa shape index (κ1) is 14.6. The van der Waals surface area contributed by atoms with Crippen LogP contribution in [0.15, 0.2) is 83.9 Å². The number of rotatable bonds is 3. The largest absolute Gasteiger partial charge is 0.465 e. The molecule has 1 aliphatic heterocycles. The molecule has 0 N–H and O–H groups in total. The van der Waals surface area contributed by atoms with Crippen LogP contribution in [0.1, 0.15) is 34.7 Å². The number of hydrogen-bond donors (Lipinski definition) is 0. The Balaban J connectivity index is 1.76. The van der Waals surface area contributed by atoms with Crippen molar-refractivity contribution in [2.45, 2.75) is 19.1 Å². The van der Waals surface area contributed by atoms with E-state index in [4.69, 9.17) is 9.73 Å². The van der Waals surface area contributed by atoms with Gasteiger partial charge in [0.1, 0.15) is 11.7 Å². The highest BCUT2D eigenvalue weighted by atomic mass is 16.5. The highest BCUT2D eigenvalue weighted by Crippen LogP contribution is 2.40. The van der Waals surface area contributed by atoms with E-state index in [1.54, 1.807) is 0 Å². The summed E-state index contributed by atoms with van der Waals surface area (Å²) in [4.78, 5) is 9.42. The maximum atomic E-state index is 6.24. The van der Waals surface area contributed by atoms with Gasteiger partial charge in [-0.15, -0.1) is 0 Å². The Morgan fingerprint density at radius 1 is 0.750 bits per heavy atom. The molecule has 0 fully saturated rings. The number of hydrogen-bond acceptors (Lipinski definition) is 3. The Morgan fingerprint density at radius 2 is 1.42 bits per heavy atom. The van der Waals surface area contributed by atoms with Crippen LogP contribution in [0.5, 0.6) is 0 Å². The van der Waals surface area contributed by atoms with E-state index in [2.05, 4.69) is 29.2 Å². The van der Waals surface area contributed by atoms with Crippen LogP contribution >= 0.6 is 0 Å². The van der Waals surface area contributed by atoms with E-state index in [-0.39, 0.29) is 12.1 Å². The average molecular weight is 314 g/mol. The summed E-state index contributed by atoms with van der Waals surface area (Å²) in [6.07, 6.45) is -0.133. The zero-order chi connectivity index (χ0) is 16.4. The van der Waals surface area contributed by atoms with Crippen LogP contribution in [0.4, 0.5) is 0 Å². The molecule has 1 aromatic heterocycles. The van der Waals surface area contributed by atoms with Crippen molar-refractivity contribution in [2.75, 3.05) is 0 Å². The van der Waals surface area contributed by atoms with Crippen LogP contribution < -0.4 is 0 Å². The van der Waals surface area contributed by atoms with Gasteiger partial charge in [0, 0.05) is 5.69 Å². The zero-order valence-electron chi connectivity index (χ0n) is 13.5. The number of nitrogens with zero attached hydrogens (tertiary/aromatic N) is 2. The van der Waals surface area contributed by atoms with Crippen molar-refractivity contribution in [3.05, 3.63) is 101 Å². The van der Waals surface area contributed by atoms with Crippen molar-refractivity contribution >= 4 is 5.90 Å². The Hall–Kier alpha value is -2.94. The minimum atomic E-state index is -0.133. The molecule has 0 unspecified atom stereocenters. The molecule has 4 rings (SSSR count). The SMILES string of the molecule is Cc1cccc(C2=N[C@@H](c3ccccc3)[C@H](c3ccccc3)O2)n1. The lowest BCUT2D eigenvalue weighted by atomic mass is 9.97. The number of ether oxygens (including phenoxy) is 1. The van der Waals surface area contributed by atoms with E-state index < -0.39 is 0 Å². The zero-order valence-corrected chi connectivity index (χ0v) is 13.5. The molecule has 0 saturated carbocycles. The van der Waals surface area contributed by atoms with Gasteiger partial charge < -0.3 is 4.74 Å². The van der Waals surface area contributed by atoms with Gasteiger partial charge in [-0.25, -0.2) is 9.98 Å². The number of aryl methyl sites for hydroxylation is 1. The molecule has 0 aliphatic carbocycles. The predicted octanol–water partition coefficient (Wildman–Crippen LogP) is 4.65. The second kappa shape index (κ2) is 6.28. The topological polar surface area (TPSA) is 34.5 Å². The molecular weight excluding hydrogens is 296 g/mol. The Labute approximate surface area is 141 Å². The van der Waals surface area contributed by atoms with Crippen LogP contribution in [-0.4, -0.2) is 10.9 Å². The lowest BCUT2D eigenvalue weighted by Gasteiger charge is -2.18. The molecule has 0 bridgehead atoms. The first-order valence-corrected chi connectivity index (χ1v) is 8.09. The molecule has 2 aromatic carbocycles. The smallest absolute Gasteiger partial charge is 0.236 e. The summed E-state index contributed by atoms with van der Waals surface area (Å²) in [6.45, 7) is 1.97. The molecule has 0 spiro atoms. The summed E-state index contributed by atoms with van der Waals surface area (Å²) in [7, 11) is 0. The summed E-state index contributed by atoms with van der Waals surface area (Å²) >= 11 is 0. The van der Waals surface area contributed by atoms with E-state index in [1.165, 1.54) is 0 Å². The van der Waals surface area contributed by atoms with E-state index in [0.29, 0.717) is 5.90 Å². The number of benzene rings is 2. The summed E-state index contributed by atoms with van der Waals surface area (Å²) in [5, 5.41) is 0. The van der Waals surface area contributed by atoms with Gasteiger partial charge in [-0.1, -0.05) is 66.7 Å². The highest BCUT2D eigenvalue weighted by molar-refractivity contribution is 5.93. The maximum absolute atomic E-state index is 6.24. The van der Waals surface area contributed by atoms with E-state index >= 15 is 0 Å². The fraction of sp³-hybridized carbons (Fsp3) is 0.143. The lowest BCUT2D eigenvalue weighted by Crippen LogP contribution is -2.10. The fourth-order valence-electron chi connectivity index (χ4n) is 2.99. The summed E-state index contributed by atoms with van der Waals surface area (Å²) < 4.78 is 6.24. The molecule has 2 heterocycles. The third-order valence-corrected chi connectivity index (χ3v) is 4.16. The lowest BCUT2D eigenvalue weighted by molar-refractivity contribution is 0.196. The first-order chi connectivity index (χ1) is 11.8.